The van der Waals surface area contributed by atoms with Gasteiger partial charge in [-0.2, -0.15) is 0 Å². The van der Waals surface area contributed by atoms with E-state index in [2.05, 4.69) is 5.32 Å². The summed E-state index contributed by atoms with van der Waals surface area (Å²) in [6, 6.07) is 12.8. The number of hydrogen-bond donors (Lipinski definition) is 2. The molecular weight excluding hydrogens is 252 g/mol. The Balaban J connectivity index is 1.94. The minimum absolute atomic E-state index is 0.0448. The minimum atomic E-state index is -0.193. The molecule has 0 aromatic heterocycles. The summed E-state index contributed by atoms with van der Waals surface area (Å²) >= 11 is 0. The number of ether oxygens (including phenoxy) is 1. The van der Waals surface area contributed by atoms with Crippen molar-refractivity contribution in [2.45, 2.75) is 13.8 Å². The molecule has 0 aliphatic carbocycles. The molecule has 0 radical (unpaired) electrons. The third kappa shape index (κ3) is 3.51. The van der Waals surface area contributed by atoms with E-state index in [9.17, 15) is 4.79 Å². The highest BCUT2D eigenvalue weighted by molar-refractivity contribution is 5.92. The molecule has 0 aliphatic rings. The van der Waals surface area contributed by atoms with Gasteiger partial charge in [-0.15, -0.1) is 0 Å². The van der Waals surface area contributed by atoms with Crippen LogP contribution >= 0.6 is 0 Å². The molecule has 0 atom stereocenters. The molecule has 20 heavy (non-hydrogen) atoms. The first kappa shape index (κ1) is 13.9. The lowest BCUT2D eigenvalue weighted by Gasteiger charge is -2.11. The number of amides is 1. The molecular formula is C16H18N2O2. The monoisotopic (exact) mass is 270 g/mol. The molecule has 2 aromatic carbocycles. The van der Waals surface area contributed by atoms with Crippen LogP contribution in [0.2, 0.25) is 0 Å². The molecule has 2 rings (SSSR count). The Morgan fingerprint density at radius 2 is 1.95 bits per heavy atom. The van der Waals surface area contributed by atoms with Gasteiger partial charge in [0.15, 0.2) is 6.61 Å². The van der Waals surface area contributed by atoms with Crippen LogP contribution < -0.4 is 15.8 Å². The van der Waals surface area contributed by atoms with Gasteiger partial charge in [0, 0.05) is 17.4 Å². The number of rotatable bonds is 4. The number of benzene rings is 2. The first-order valence-electron chi connectivity index (χ1n) is 6.40. The van der Waals surface area contributed by atoms with Crippen LogP contribution in [-0.2, 0) is 4.79 Å². The quantitative estimate of drug-likeness (QED) is 0.840. The van der Waals surface area contributed by atoms with Crippen molar-refractivity contribution < 1.29 is 9.53 Å². The number of carbonyl (C=O) groups is 1. The SMILES string of the molecule is Cc1cccc(NC(=O)COc2cccc(N)c2)c1C. The Labute approximate surface area is 118 Å². The van der Waals surface area contributed by atoms with E-state index < -0.39 is 0 Å². The molecule has 0 unspecified atom stereocenters. The standard InChI is InChI=1S/C16H18N2O2/c1-11-5-3-8-15(12(11)2)18-16(19)10-20-14-7-4-6-13(17)9-14/h3-9H,10,17H2,1-2H3,(H,18,19). The van der Waals surface area contributed by atoms with E-state index >= 15 is 0 Å². The summed E-state index contributed by atoms with van der Waals surface area (Å²) in [4.78, 5) is 11.9. The fourth-order valence-corrected chi connectivity index (χ4v) is 1.83. The van der Waals surface area contributed by atoms with Gasteiger partial charge in [0.05, 0.1) is 0 Å². The van der Waals surface area contributed by atoms with E-state index in [-0.39, 0.29) is 12.5 Å². The first-order valence-corrected chi connectivity index (χ1v) is 6.40. The lowest BCUT2D eigenvalue weighted by molar-refractivity contribution is -0.118. The van der Waals surface area contributed by atoms with Gasteiger partial charge < -0.3 is 15.8 Å². The predicted molar refractivity (Wildman–Crippen MR) is 80.9 cm³/mol. The summed E-state index contributed by atoms with van der Waals surface area (Å²) in [6.45, 7) is 3.94. The third-order valence-electron chi connectivity index (χ3n) is 3.11. The van der Waals surface area contributed by atoms with Crippen LogP contribution in [0.3, 0.4) is 0 Å². The van der Waals surface area contributed by atoms with Crippen LogP contribution in [0.1, 0.15) is 11.1 Å². The second kappa shape index (κ2) is 6.10. The maximum Gasteiger partial charge on any atom is 0.262 e. The summed E-state index contributed by atoms with van der Waals surface area (Å²) in [6.07, 6.45) is 0. The molecule has 1 amide bonds. The zero-order valence-electron chi connectivity index (χ0n) is 11.6. The summed E-state index contributed by atoms with van der Waals surface area (Å²) in [5.41, 5.74) is 9.26. The Morgan fingerprint density at radius 3 is 2.70 bits per heavy atom. The molecule has 3 N–H and O–H groups in total. The lowest BCUT2D eigenvalue weighted by atomic mass is 10.1. The number of nitrogens with two attached hydrogens (primary N) is 1. The van der Waals surface area contributed by atoms with Crippen LogP contribution in [-0.4, -0.2) is 12.5 Å². The summed E-state index contributed by atoms with van der Waals surface area (Å²) < 4.78 is 5.40. The third-order valence-corrected chi connectivity index (χ3v) is 3.11. The fourth-order valence-electron chi connectivity index (χ4n) is 1.83. The van der Waals surface area contributed by atoms with Crippen molar-refractivity contribution >= 4 is 17.3 Å². The first-order chi connectivity index (χ1) is 9.56. The second-order valence-electron chi connectivity index (χ2n) is 4.66. The Bertz CT molecular complexity index is 624. The Morgan fingerprint density at radius 1 is 1.20 bits per heavy atom. The highest BCUT2D eigenvalue weighted by Crippen LogP contribution is 2.18. The molecule has 2 aromatic rings. The molecule has 104 valence electrons. The molecule has 0 heterocycles. The lowest BCUT2D eigenvalue weighted by Crippen LogP contribution is -2.20. The van der Waals surface area contributed by atoms with Gasteiger partial charge in [-0.25, -0.2) is 0 Å². The van der Waals surface area contributed by atoms with Gasteiger partial charge >= 0.3 is 0 Å². The second-order valence-corrected chi connectivity index (χ2v) is 4.66. The molecule has 0 fully saturated rings. The van der Waals surface area contributed by atoms with Crippen molar-refractivity contribution in [1.82, 2.24) is 0 Å². The number of anilines is 2. The van der Waals surface area contributed by atoms with Gasteiger partial charge in [-0.05, 0) is 43.2 Å². The van der Waals surface area contributed by atoms with E-state index in [0.717, 1.165) is 16.8 Å². The van der Waals surface area contributed by atoms with Crippen LogP contribution in [0.15, 0.2) is 42.5 Å². The average molecular weight is 270 g/mol. The number of nitrogen functional groups attached to an aromatic ring is 1. The van der Waals surface area contributed by atoms with E-state index in [4.69, 9.17) is 10.5 Å². The molecule has 0 aliphatic heterocycles. The van der Waals surface area contributed by atoms with E-state index in [1.165, 1.54) is 0 Å². The topological polar surface area (TPSA) is 64.3 Å². The zero-order chi connectivity index (χ0) is 14.5. The van der Waals surface area contributed by atoms with Crippen LogP contribution in [0.5, 0.6) is 5.75 Å². The van der Waals surface area contributed by atoms with Gasteiger partial charge in [-0.1, -0.05) is 18.2 Å². The van der Waals surface area contributed by atoms with Crippen molar-refractivity contribution in [3.05, 3.63) is 53.6 Å². The normalized spacial score (nSPS) is 10.1. The molecule has 0 saturated carbocycles. The zero-order valence-corrected chi connectivity index (χ0v) is 11.6. The minimum Gasteiger partial charge on any atom is -0.484 e. The van der Waals surface area contributed by atoms with Crippen molar-refractivity contribution in [2.24, 2.45) is 0 Å². The number of nitrogens with one attached hydrogen (secondary N) is 1. The predicted octanol–water partition coefficient (Wildman–Crippen LogP) is 2.90. The summed E-state index contributed by atoms with van der Waals surface area (Å²) in [7, 11) is 0. The van der Waals surface area contributed by atoms with Gasteiger partial charge in [0.2, 0.25) is 0 Å². The summed E-state index contributed by atoms with van der Waals surface area (Å²) in [5.74, 6) is 0.391. The molecule has 0 spiro atoms. The van der Waals surface area contributed by atoms with Crippen molar-refractivity contribution in [3.8, 4) is 5.75 Å². The van der Waals surface area contributed by atoms with Gasteiger partial charge in [0.25, 0.3) is 5.91 Å². The van der Waals surface area contributed by atoms with E-state index in [0.29, 0.717) is 11.4 Å². The molecule has 0 saturated heterocycles. The van der Waals surface area contributed by atoms with E-state index in [1.54, 1.807) is 24.3 Å². The van der Waals surface area contributed by atoms with Gasteiger partial charge in [-0.3, -0.25) is 4.79 Å². The highest BCUT2D eigenvalue weighted by atomic mass is 16.5. The molecule has 4 heteroatoms. The highest BCUT2D eigenvalue weighted by Gasteiger charge is 2.06. The van der Waals surface area contributed by atoms with Crippen molar-refractivity contribution in [2.75, 3.05) is 17.7 Å². The van der Waals surface area contributed by atoms with Crippen molar-refractivity contribution in [1.29, 1.82) is 0 Å². The number of aryl methyl sites for hydroxylation is 1. The summed E-state index contributed by atoms with van der Waals surface area (Å²) in [5, 5.41) is 2.84. The maximum absolute atomic E-state index is 11.9. The van der Waals surface area contributed by atoms with Gasteiger partial charge in [0.1, 0.15) is 5.75 Å². The van der Waals surface area contributed by atoms with E-state index in [1.807, 2.05) is 32.0 Å². The largest absolute Gasteiger partial charge is 0.484 e. The Kier molecular flexibility index (Phi) is 4.25. The van der Waals surface area contributed by atoms with Crippen LogP contribution in [0, 0.1) is 13.8 Å². The molecule has 0 bridgehead atoms. The number of carbonyl (C=O) groups excluding carboxylic acids is 1. The van der Waals surface area contributed by atoms with Crippen LogP contribution in [0.25, 0.3) is 0 Å². The Hall–Kier alpha value is -2.49. The maximum atomic E-state index is 11.9. The fraction of sp³-hybridized carbons (Fsp3) is 0.188. The van der Waals surface area contributed by atoms with Crippen molar-refractivity contribution in [3.63, 3.8) is 0 Å². The molecule has 4 nitrogen and oxygen atoms in total. The smallest absolute Gasteiger partial charge is 0.262 e. The average Bonchev–Trinajstić information content (AvgIpc) is 2.42. The van der Waals surface area contributed by atoms with Crippen LogP contribution in [0.4, 0.5) is 11.4 Å². The number of hydrogen-bond acceptors (Lipinski definition) is 3.